The first-order valence-corrected chi connectivity index (χ1v) is 10.7. The van der Waals surface area contributed by atoms with Crippen molar-refractivity contribution in [3.05, 3.63) is 63.7 Å². The van der Waals surface area contributed by atoms with Crippen molar-refractivity contribution < 1.29 is 14.3 Å². The maximum atomic E-state index is 13.1. The highest BCUT2D eigenvalue weighted by Crippen LogP contribution is 2.45. The highest BCUT2D eigenvalue weighted by molar-refractivity contribution is 8.03. The van der Waals surface area contributed by atoms with E-state index in [2.05, 4.69) is 11.0 Å². The van der Waals surface area contributed by atoms with Crippen LogP contribution in [0.5, 0.6) is 11.5 Å². The Kier molecular flexibility index (Phi) is 5.80. The van der Waals surface area contributed by atoms with Crippen molar-refractivity contribution in [1.29, 1.82) is 5.26 Å². The molecule has 6 nitrogen and oxygen atoms in total. The number of nitrogens with zero attached hydrogens (tertiary/aromatic N) is 3. The van der Waals surface area contributed by atoms with Crippen LogP contribution in [0.2, 0.25) is 5.02 Å². The van der Waals surface area contributed by atoms with Crippen LogP contribution in [0.1, 0.15) is 17.9 Å². The Bertz CT molecular complexity index is 1070. The van der Waals surface area contributed by atoms with Gasteiger partial charge in [0, 0.05) is 23.4 Å². The second-order valence-electron chi connectivity index (χ2n) is 6.92. The molecule has 8 heteroatoms. The Morgan fingerprint density at radius 1 is 1.20 bits per heavy atom. The van der Waals surface area contributed by atoms with E-state index in [9.17, 15) is 10.1 Å². The van der Waals surface area contributed by atoms with Gasteiger partial charge in [-0.05, 0) is 23.8 Å². The molecule has 1 fully saturated rings. The smallest absolute Gasteiger partial charge is 0.229 e. The number of carbonyl (C=O) groups excluding carboxylic acids is 1. The van der Waals surface area contributed by atoms with Gasteiger partial charge in [0.1, 0.15) is 11.5 Å². The van der Waals surface area contributed by atoms with Crippen LogP contribution in [-0.4, -0.2) is 37.6 Å². The number of rotatable bonds is 4. The van der Waals surface area contributed by atoms with Gasteiger partial charge in [0.25, 0.3) is 0 Å². The minimum atomic E-state index is -0.322. The molecule has 0 bridgehead atoms. The Morgan fingerprint density at radius 3 is 2.70 bits per heavy atom. The SMILES string of the molecule is COc1ccc(N2CSC3=C(C#N)[C@H](c4ccccc4Cl)CC(=O)N3C2)c(OC)c1. The van der Waals surface area contributed by atoms with Crippen molar-refractivity contribution >= 4 is 35.0 Å². The lowest BCUT2D eigenvalue weighted by Gasteiger charge is -2.42. The number of anilines is 1. The zero-order valence-electron chi connectivity index (χ0n) is 16.6. The molecular formula is C22H20ClN3O3S. The summed E-state index contributed by atoms with van der Waals surface area (Å²) >= 11 is 7.85. The predicted molar refractivity (Wildman–Crippen MR) is 118 cm³/mol. The number of amides is 1. The number of thioether (sulfide) groups is 1. The zero-order chi connectivity index (χ0) is 21.3. The summed E-state index contributed by atoms with van der Waals surface area (Å²) in [4.78, 5) is 16.8. The summed E-state index contributed by atoms with van der Waals surface area (Å²) < 4.78 is 10.8. The lowest BCUT2D eigenvalue weighted by molar-refractivity contribution is -0.129. The van der Waals surface area contributed by atoms with Gasteiger partial charge >= 0.3 is 0 Å². The van der Waals surface area contributed by atoms with Crippen LogP contribution in [0, 0.1) is 11.3 Å². The molecule has 154 valence electrons. The fourth-order valence-corrected chi connectivity index (χ4v) is 5.21. The van der Waals surface area contributed by atoms with Gasteiger partial charge in [-0.3, -0.25) is 9.69 Å². The maximum absolute atomic E-state index is 13.1. The first kappa shape index (κ1) is 20.5. The van der Waals surface area contributed by atoms with E-state index in [-0.39, 0.29) is 18.2 Å². The number of nitriles is 1. The van der Waals surface area contributed by atoms with Crippen LogP contribution in [0.15, 0.2) is 53.1 Å². The molecule has 0 aromatic heterocycles. The quantitative estimate of drug-likeness (QED) is 0.692. The molecule has 2 aromatic rings. The van der Waals surface area contributed by atoms with Crippen molar-refractivity contribution in [1.82, 2.24) is 4.90 Å². The lowest BCUT2D eigenvalue weighted by Crippen LogP contribution is -2.47. The molecule has 2 heterocycles. The van der Waals surface area contributed by atoms with E-state index in [4.69, 9.17) is 21.1 Å². The van der Waals surface area contributed by atoms with Gasteiger partial charge in [-0.1, -0.05) is 41.6 Å². The van der Waals surface area contributed by atoms with Gasteiger partial charge in [0.05, 0.1) is 49.1 Å². The van der Waals surface area contributed by atoms with Crippen molar-refractivity contribution in [2.75, 3.05) is 31.7 Å². The van der Waals surface area contributed by atoms with Crippen molar-refractivity contribution in [3.8, 4) is 17.6 Å². The summed E-state index contributed by atoms with van der Waals surface area (Å²) in [5.41, 5.74) is 2.27. The molecule has 0 radical (unpaired) electrons. The van der Waals surface area contributed by atoms with E-state index in [0.717, 1.165) is 11.3 Å². The predicted octanol–water partition coefficient (Wildman–Crippen LogP) is 4.58. The number of benzene rings is 2. The highest BCUT2D eigenvalue weighted by Gasteiger charge is 2.39. The Balaban J connectivity index is 1.68. The van der Waals surface area contributed by atoms with E-state index in [1.165, 1.54) is 11.8 Å². The monoisotopic (exact) mass is 441 g/mol. The fourth-order valence-electron chi connectivity index (χ4n) is 3.78. The summed E-state index contributed by atoms with van der Waals surface area (Å²) in [6.07, 6.45) is 0.213. The summed E-state index contributed by atoms with van der Waals surface area (Å²) in [6, 6.07) is 15.3. The topological polar surface area (TPSA) is 65.8 Å². The van der Waals surface area contributed by atoms with Gasteiger partial charge in [0.2, 0.25) is 5.91 Å². The number of carbonyl (C=O) groups is 1. The zero-order valence-corrected chi connectivity index (χ0v) is 18.2. The van der Waals surface area contributed by atoms with Gasteiger partial charge in [0.15, 0.2) is 0 Å². The van der Waals surface area contributed by atoms with Crippen molar-refractivity contribution in [2.24, 2.45) is 0 Å². The molecule has 1 atom stereocenters. The molecule has 0 N–H and O–H groups in total. The Morgan fingerprint density at radius 2 is 2.00 bits per heavy atom. The summed E-state index contributed by atoms with van der Waals surface area (Å²) in [6.45, 7) is 0.351. The van der Waals surface area contributed by atoms with Crippen LogP contribution >= 0.6 is 23.4 Å². The number of allylic oxidation sites excluding steroid dienone is 1. The van der Waals surface area contributed by atoms with E-state index in [1.807, 2.05) is 36.4 Å². The molecule has 1 amide bonds. The van der Waals surface area contributed by atoms with Crippen LogP contribution in [-0.2, 0) is 4.79 Å². The molecule has 0 saturated carbocycles. The molecule has 2 aliphatic rings. The highest BCUT2D eigenvalue weighted by atomic mass is 35.5. The fraction of sp³-hybridized carbons (Fsp3) is 0.273. The van der Waals surface area contributed by atoms with Crippen molar-refractivity contribution in [3.63, 3.8) is 0 Å². The molecule has 2 aromatic carbocycles. The number of halogens is 1. The Hall–Kier alpha value is -2.82. The van der Waals surface area contributed by atoms with Gasteiger partial charge < -0.3 is 14.4 Å². The van der Waals surface area contributed by atoms with Gasteiger partial charge in [-0.15, -0.1) is 0 Å². The lowest BCUT2D eigenvalue weighted by atomic mass is 9.86. The summed E-state index contributed by atoms with van der Waals surface area (Å²) in [7, 11) is 3.21. The van der Waals surface area contributed by atoms with Crippen LogP contribution in [0.3, 0.4) is 0 Å². The third kappa shape index (κ3) is 3.57. The van der Waals surface area contributed by atoms with E-state index < -0.39 is 0 Å². The number of fused-ring (bicyclic) bond motifs is 1. The molecule has 30 heavy (non-hydrogen) atoms. The molecule has 0 aliphatic carbocycles. The van der Waals surface area contributed by atoms with Crippen LogP contribution in [0.25, 0.3) is 0 Å². The number of hydrogen-bond donors (Lipinski definition) is 0. The maximum Gasteiger partial charge on any atom is 0.229 e. The number of hydrogen-bond acceptors (Lipinski definition) is 6. The van der Waals surface area contributed by atoms with Crippen LogP contribution in [0.4, 0.5) is 5.69 Å². The second-order valence-corrected chi connectivity index (χ2v) is 8.26. The van der Waals surface area contributed by atoms with Crippen LogP contribution < -0.4 is 14.4 Å². The molecular weight excluding hydrogens is 422 g/mol. The summed E-state index contributed by atoms with van der Waals surface area (Å²) in [5.74, 6) is 1.60. The third-order valence-corrected chi connectivity index (χ3v) is 6.80. The average Bonchev–Trinajstić information content (AvgIpc) is 2.78. The molecule has 1 saturated heterocycles. The van der Waals surface area contributed by atoms with E-state index >= 15 is 0 Å². The first-order chi connectivity index (χ1) is 14.6. The number of methoxy groups -OCH3 is 2. The minimum Gasteiger partial charge on any atom is -0.497 e. The third-order valence-electron chi connectivity index (χ3n) is 5.30. The second kappa shape index (κ2) is 8.50. The first-order valence-electron chi connectivity index (χ1n) is 9.36. The summed E-state index contributed by atoms with van der Waals surface area (Å²) in [5, 5.41) is 11.2. The van der Waals surface area contributed by atoms with Crippen molar-refractivity contribution in [2.45, 2.75) is 12.3 Å². The van der Waals surface area contributed by atoms with E-state index in [0.29, 0.717) is 39.7 Å². The van der Waals surface area contributed by atoms with E-state index in [1.54, 1.807) is 25.2 Å². The molecule has 4 rings (SSSR count). The standard InChI is InChI=1S/C22H20ClN3O3S/c1-28-14-7-8-19(20(9-14)29-2)25-12-26-21(27)10-16(15-5-3-4-6-18(15)23)17(11-24)22(26)30-13-25/h3-9,16H,10,12-13H2,1-2H3/t16-/m0/s1. The molecule has 0 spiro atoms. The van der Waals surface area contributed by atoms with Gasteiger partial charge in [-0.2, -0.15) is 5.26 Å². The normalized spacial score (nSPS) is 18.7. The Labute approximate surface area is 184 Å². The average molecular weight is 442 g/mol. The number of ether oxygens (including phenoxy) is 2. The van der Waals surface area contributed by atoms with Gasteiger partial charge in [-0.25, -0.2) is 0 Å². The minimum absolute atomic E-state index is 0.0291. The molecule has 0 unspecified atom stereocenters. The molecule has 2 aliphatic heterocycles. The largest absolute Gasteiger partial charge is 0.497 e.